The van der Waals surface area contributed by atoms with Gasteiger partial charge in [-0.25, -0.2) is 9.59 Å². The maximum atomic E-state index is 14.8. The summed E-state index contributed by atoms with van der Waals surface area (Å²) in [6, 6.07) is -2.15. The van der Waals surface area contributed by atoms with Crippen molar-refractivity contribution in [2.45, 2.75) is 55.4 Å². The standard InChI is InChI=1S/C36H30N2O11S2/c1-10-5-12-18-21-19(13(6-39)33-27(25(21)29(42)31(12)48-3)37-15(8-50-33)35(44)45)20-14(7-40)34-28(38-16(9-51-34)36(46)47)26-23(20)22(18)24(17(10)11(2)41)32(49-4)30(26)43/h15-16,37-40H,5-9H2,1-4H3,(H,44,45)(H,46,47). The van der Waals surface area contributed by atoms with E-state index in [4.69, 9.17) is 9.47 Å². The highest BCUT2D eigenvalue weighted by Gasteiger charge is 2.40. The topological polar surface area (TPSA) is 209 Å². The van der Waals surface area contributed by atoms with Gasteiger partial charge in [0.05, 0.1) is 49.6 Å². The van der Waals surface area contributed by atoms with E-state index in [1.807, 2.05) is 0 Å². The normalized spacial score (nSPS) is 18.2. The lowest BCUT2D eigenvalue weighted by Crippen LogP contribution is -2.35. The fraction of sp³-hybridized carbons (Fsp3) is 0.306. The van der Waals surface area contributed by atoms with Crippen LogP contribution in [0.1, 0.15) is 36.1 Å². The molecule has 0 amide bonds. The molecule has 0 spiro atoms. The second-order valence-electron chi connectivity index (χ2n) is 12.8. The van der Waals surface area contributed by atoms with Crippen molar-refractivity contribution in [3.05, 3.63) is 48.3 Å². The monoisotopic (exact) mass is 730 g/mol. The molecule has 8 rings (SSSR count). The molecule has 2 heterocycles. The Morgan fingerprint density at radius 3 is 1.63 bits per heavy atom. The van der Waals surface area contributed by atoms with Crippen LogP contribution in [0.2, 0.25) is 0 Å². The molecule has 0 saturated carbocycles. The summed E-state index contributed by atoms with van der Waals surface area (Å²) < 4.78 is 11.7. The molecule has 2 unspecified atom stereocenters. The van der Waals surface area contributed by atoms with Crippen molar-refractivity contribution in [3.8, 4) is 11.5 Å². The van der Waals surface area contributed by atoms with Gasteiger partial charge in [0.15, 0.2) is 17.3 Å². The fourth-order valence-corrected chi connectivity index (χ4v) is 10.8. The first-order valence-electron chi connectivity index (χ1n) is 15.9. The van der Waals surface area contributed by atoms with Gasteiger partial charge in [0.1, 0.15) is 12.1 Å². The zero-order valence-electron chi connectivity index (χ0n) is 27.7. The fourth-order valence-electron chi connectivity index (χ4n) is 8.36. The van der Waals surface area contributed by atoms with Crippen LogP contribution in [0.15, 0.2) is 25.0 Å². The quantitative estimate of drug-likeness (QED) is 0.104. The van der Waals surface area contributed by atoms with E-state index in [1.165, 1.54) is 32.9 Å². The highest BCUT2D eigenvalue weighted by molar-refractivity contribution is 8.00. The van der Waals surface area contributed by atoms with E-state index in [0.717, 1.165) is 11.8 Å². The van der Waals surface area contributed by atoms with E-state index in [1.54, 1.807) is 6.92 Å². The molecule has 0 aromatic heterocycles. The van der Waals surface area contributed by atoms with Gasteiger partial charge in [-0.1, -0.05) is 5.57 Å². The molecule has 1 aliphatic carbocycles. The Hall–Kier alpha value is -4.83. The predicted molar refractivity (Wildman–Crippen MR) is 195 cm³/mol. The Kier molecular flexibility index (Phi) is 7.58. The second kappa shape index (κ2) is 11.6. The van der Waals surface area contributed by atoms with Gasteiger partial charge in [-0.3, -0.25) is 14.4 Å². The number of nitrogens with one attached hydrogen (secondary N) is 2. The van der Waals surface area contributed by atoms with Crippen LogP contribution in [0.4, 0.5) is 11.4 Å². The molecule has 5 aromatic carbocycles. The number of rotatable bonds is 7. The van der Waals surface area contributed by atoms with Crippen molar-refractivity contribution in [1.29, 1.82) is 0 Å². The SMILES string of the molecule is COc1c2c3c4c(c(OC)c(=O)c5c6c(c(CO)c(c7c(CO)c8c(c(c1=O)c73)NC(C(=O)O)CS8)c54)SCC(C(=O)O)N6)C(C(C)=O)=C(C)C2. The second-order valence-corrected chi connectivity index (χ2v) is 14.9. The number of carbonyl (C=O) groups excluding carboxylic acids is 1. The number of anilines is 2. The van der Waals surface area contributed by atoms with Gasteiger partial charge in [-0.15, -0.1) is 23.5 Å². The van der Waals surface area contributed by atoms with Crippen molar-refractivity contribution in [1.82, 2.24) is 0 Å². The zero-order valence-corrected chi connectivity index (χ0v) is 29.3. The number of aliphatic hydroxyl groups excluding tert-OH is 2. The Balaban J connectivity index is 1.80. The minimum absolute atomic E-state index is 0.0384. The van der Waals surface area contributed by atoms with Gasteiger partial charge in [-0.2, -0.15) is 0 Å². The minimum atomic E-state index is -1.14. The molecule has 262 valence electrons. The largest absolute Gasteiger partial charge is 0.492 e. The summed E-state index contributed by atoms with van der Waals surface area (Å²) in [6.07, 6.45) is 0.0549. The number of aliphatic carboxylic acids is 2. The number of carboxylic acid groups (broad SMARTS) is 2. The highest BCUT2D eigenvalue weighted by Crippen LogP contribution is 2.57. The van der Waals surface area contributed by atoms with Crippen LogP contribution in [0, 0.1) is 0 Å². The van der Waals surface area contributed by atoms with Gasteiger partial charge < -0.3 is 40.5 Å². The number of hydrogen-bond acceptors (Lipinski definition) is 13. The van der Waals surface area contributed by atoms with E-state index in [9.17, 15) is 44.4 Å². The molecule has 0 saturated heterocycles. The molecule has 2 atom stereocenters. The third-order valence-corrected chi connectivity index (χ3v) is 12.7. The van der Waals surface area contributed by atoms with Crippen molar-refractivity contribution in [2.24, 2.45) is 0 Å². The number of ether oxygens (including phenoxy) is 2. The van der Waals surface area contributed by atoms with Gasteiger partial charge in [-0.05, 0) is 36.4 Å². The lowest BCUT2D eigenvalue weighted by Gasteiger charge is -2.32. The predicted octanol–water partition coefficient (Wildman–Crippen LogP) is 3.76. The smallest absolute Gasteiger partial charge is 0.326 e. The van der Waals surface area contributed by atoms with Crippen LogP contribution < -0.4 is 31.0 Å². The van der Waals surface area contributed by atoms with E-state index in [2.05, 4.69) is 10.6 Å². The molecule has 5 aromatic rings. The summed E-state index contributed by atoms with van der Waals surface area (Å²) in [5.74, 6) is -2.70. The Morgan fingerprint density at radius 1 is 0.725 bits per heavy atom. The number of aliphatic hydroxyl groups is 2. The van der Waals surface area contributed by atoms with E-state index >= 15 is 0 Å². The number of thioether (sulfide) groups is 2. The minimum Gasteiger partial charge on any atom is -0.492 e. The highest BCUT2D eigenvalue weighted by atomic mass is 32.2. The molecule has 51 heavy (non-hydrogen) atoms. The molecule has 15 heteroatoms. The molecule has 0 radical (unpaired) electrons. The Morgan fingerprint density at radius 2 is 1.20 bits per heavy atom. The Labute approximate surface area is 296 Å². The van der Waals surface area contributed by atoms with E-state index < -0.39 is 48.1 Å². The molecular weight excluding hydrogens is 701 g/mol. The third kappa shape index (κ3) is 4.22. The number of fused-ring (bicyclic) bond motifs is 5. The number of Topliss-reactive ketones (excluding diaryl/α,β-unsaturated/α-hetero) is 1. The first-order valence-corrected chi connectivity index (χ1v) is 17.9. The molecule has 0 fully saturated rings. The molecule has 2 aliphatic heterocycles. The summed E-state index contributed by atoms with van der Waals surface area (Å²) in [5, 5.41) is 50.8. The number of carboxylic acids is 2. The molecule has 13 nitrogen and oxygen atoms in total. The van der Waals surface area contributed by atoms with Gasteiger partial charge in [0, 0.05) is 65.3 Å². The van der Waals surface area contributed by atoms with Crippen molar-refractivity contribution in [2.75, 3.05) is 36.4 Å². The molecule has 0 bridgehead atoms. The summed E-state index contributed by atoms with van der Waals surface area (Å²) >= 11 is 2.32. The molecule has 6 N–H and O–H groups in total. The lowest BCUT2D eigenvalue weighted by molar-refractivity contribution is -0.138. The van der Waals surface area contributed by atoms with Gasteiger partial charge in [0.2, 0.25) is 10.9 Å². The van der Waals surface area contributed by atoms with Crippen molar-refractivity contribution in [3.63, 3.8) is 0 Å². The van der Waals surface area contributed by atoms with Crippen molar-refractivity contribution >= 4 is 101 Å². The summed E-state index contributed by atoms with van der Waals surface area (Å²) in [5.41, 5.74) is 1.27. The van der Waals surface area contributed by atoms with E-state index in [0.29, 0.717) is 64.4 Å². The number of methoxy groups -OCH3 is 2. The number of ketones is 1. The number of carbonyl (C=O) groups is 3. The average molecular weight is 731 g/mol. The lowest BCUT2D eigenvalue weighted by atomic mass is 9.80. The number of benzene rings is 5. The Bertz CT molecular complexity index is 2620. The van der Waals surface area contributed by atoms with Crippen LogP contribution >= 0.6 is 23.5 Å². The van der Waals surface area contributed by atoms with Gasteiger partial charge >= 0.3 is 11.9 Å². The first kappa shape index (κ1) is 33.3. The van der Waals surface area contributed by atoms with Crippen LogP contribution in [-0.2, 0) is 34.0 Å². The van der Waals surface area contributed by atoms with Crippen LogP contribution in [0.5, 0.6) is 11.5 Å². The van der Waals surface area contributed by atoms with E-state index in [-0.39, 0.29) is 68.5 Å². The zero-order chi connectivity index (χ0) is 36.4. The number of hydrogen-bond donors (Lipinski definition) is 6. The van der Waals surface area contributed by atoms with Crippen LogP contribution in [0.25, 0.3) is 48.7 Å². The maximum Gasteiger partial charge on any atom is 0.326 e. The van der Waals surface area contributed by atoms with Gasteiger partial charge in [0.25, 0.3) is 0 Å². The number of allylic oxidation sites excluding steroid dienone is 2. The molecular formula is C36H30N2O11S2. The third-order valence-electron chi connectivity index (χ3n) is 10.2. The summed E-state index contributed by atoms with van der Waals surface area (Å²) in [6.45, 7) is 1.97. The average Bonchev–Trinajstić information content (AvgIpc) is 3.23. The van der Waals surface area contributed by atoms with Crippen molar-refractivity contribution < 1.29 is 44.3 Å². The van der Waals surface area contributed by atoms with Crippen LogP contribution in [-0.4, -0.2) is 76.0 Å². The molecule has 3 aliphatic rings. The first-order chi connectivity index (χ1) is 24.4. The summed E-state index contributed by atoms with van der Waals surface area (Å²) in [4.78, 5) is 68.6. The summed E-state index contributed by atoms with van der Waals surface area (Å²) in [7, 11) is 2.66. The van der Waals surface area contributed by atoms with Crippen LogP contribution in [0.3, 0.4) is 0 Å². The maximum absolute atomic E-state index is 14.8.